The number of aryl methyl sites for hydroxylation is 3. The number of aromatic nitrogens is 3. The molecule has 0 aliphatic carbocycles. The Bertz CT molecular complexity index is 1370. The molecule has 0 unspecified atom stereocenters. The minimum atomic E-state index is 0.620. The Morgan fingerprint density at radius 2 is 1.67 bits per heavy atom. The van der Waals surface area contributed by atoms with Crippen LogP contribution in [-0.4, -0.2) is 21.1 Å². The van der Waals surface area contributed by atoms with E-state index in [9.17, 15) is 0 Å². The van der Waals surface area contributed by atoms with Crippen LogP contribution >= 0.6 is 11.6 Å². The van der Waals surface area contributed by atoms with E-state index < -0.39 is 0 Å². The molecule has 0 spiro atoms. The van der Waals surface area contributed by atoms with Crippen LogP contribution in [-0.2, 0) is 6.54 Å². The van der Waals surface area contributed by atoms with Crippen molar-refractivity contribution in [3.05, 3.63) is 76.8 Å². The van der Waals surface area contributed by atoms with Gasteiger partial charge < -0.3 is 9.30 Å². The van der Waals surface area contributed by atoms with Crippen LogP contribution in [0.1, 0.15) is 17.5 Å². The van der Waals surface area contributed by atoms with Gasteiger partial charge >= 0.3 is 0 Å². The first-order valence-electron chi connectivity index (χ1n) is 10.1. The van der Waals surface area contributed by atoms with E-state index in [1.165, 1.54) is 22.0 Å². The van der Waals surface area contributed by atoms with Crippen molar-refractivity contribution in [1.29, 1.82) is 0 Å². The topological polar surface area (TPSA) is 39.9 Å². The molecule has 2 aromatic heterocycles. The second kappa shape index (κ2) is 7.62. The van der Waals surface area contributed by atoms with Crippen molar-refractivity contribution in [3.8, 4) is 5.75 Å². The highest BCUT2D eigenvalue weighted by atomic mass is 35.5. The normalized spacial score (nSPS) is 11.6. The monoisotopic (exact) mass is 415 g/mol. The third-order valence-corrected chi connectivity index (χ3v) is 5.64. The molecule has 0 N–H and O–H groups in total. The Morgan fingerprint density at radius 1 is 0.933 bits per heavy atom. The third kappa shape index (κ3) is 3.37. The van der Waals surface area contributed by atoms with Crippen LogP contribution in [0.3, 0.4) is 0 Å². The number of fused-ring (bicyclic) bond motifs is 4. The summed E-state index contributed by atoms with van der Waals surface area (Å²) in [4.78, 5) is 9.94. The molecule has 0 atom stereocenters. The van der Waals surface area contributed by atoms with Gasteiger partial charge in [0.15, 0.2) is 5.65 Å². The average Bonchev–Trinajstić information content (AvgIpc) is 3.04. The van der Waals surface area contributed by atoms with Gasteiger partial charge in [0.2, 0.25) is 0 Å². The molecule has 0 bridgehead atoms. The SMILES string of the molecule is Cc1cc(C)c2c(c1)c1nc3ccccc3nc1n2CCCOc1ccc(Cl)cc1. The molecule has 3 aromatic carbocycles. The average molecular weight is 416 g/mol. The van der Waals surface area contributed by atoms with E-state index in [-0.39, 0.29) is 0 Å². The highest BCUT2D eigenvalue weighted by molar-refractivity contribution is 6.30. The molecule has 0 saturated heterocycles. The summed E-state index contributed by atoms with van der Waals surface area (Å²) in [7, 11) is 0. The molecule has 5 heteroatoms. The summed E-state index contributed by atoms with van der Waals surface area (Å²) in [5, 5.41) is 1.88. The maximum Gasteiger partial charge on any atom is 0.160 e. The number of ether oxygens (including phenoxy) is 1. The van der Waals surface area contributed by atoms with Crippen LogP contribution in [0.5, 0.6) is 5.75 Å². The van der Waals surface area contributed by atoms with Gasteiger partial charge in [0, 0.05) is 17.0 Å². The lowest BCUT2D eigenvalue weighted by atomic mass is 10.1. The van der Waals surface area contributed by atoms with Crippen LogP contribution < -0.4 is 4.74 Å². The predicted octanol–water partition coefficient (Wildman–Crippen LogP) is 6.48. The van der Waals surface area contributed by atoms with Crippen LogP contribution in [0.2, 0.25) is 5.02 Å². The van der Waals surface area contributed by atoms with Gasteiger partial charge in [0.1, 0.15) is 11.3 Å². The first-order valence-corrected chi connectivity index (χ1v) is 10.5. The summed E-state index contributed by atoms with van der Waals surface area (Å²) < 4.78 is 8.19. The summed E-state index contributed by atoms with van der Waals surface area (Å²) in [6.07, 6.45) is 0.864. The first-order chi connectivity index (χ1) is 14.6. The molecular formula is C25H22ClN3O. The lowest BCUT2D eigenvalue weighted by Gasteiger charge is -2.10. The van der Waals surface area contributed by atoms with Crippen molar-refractivity contribution in [2.45, 2.75) is 26.8 Å². The van der Waals surface area contributed by atoms with Gasteiger partial charge in [0.05, 0.1) is 23.2 Å². The molecule has 0 radical (unpaired) electrons. The molecule has 0 fully saturated rings. The quantitative estimate of drug-likeness (QED) is 0.308. The van der Waals surface area contributed by atoms with Crippen molar-refractivity contribution >= 4 is 44.7 Å². The number of rotatable bonds is 5. The van der Waals surface area contributed by atoms with Crippen molar-refractivity contribution in [2.24, 2.45) is 0 Å². The summed E-state index contributed by atoms with van der Waals surface area (Å²) >= 11 is 5.95. The van der Waals surface area contributed by atoms with E-state index in [0.29, 0.717) is 11.6 Å². The smallest absolute Gasteiger partial charge is 0.160 e. The summed E-state index contributed by atoms with van der Waals surface area (Å²) in [5.74, 6) is 0.833. The number of halogens is 1. The van der Waals surface area contributed by atoms with Gasteiger partial charge in [-0.25, -0.2) is 9.97 Å². The number of nitrogens with zero attached hydrogens (tertiary/aromatic N) is 3. The molecule has 2 heterocycles. The molecule has 0 amide bonds. The minimum Gasteiger partial charge on any atom is -0.494 e. The third-order valence-electron chi connectivity index (χ3n) is 5.39. The van der Waals surface area contributed by atoms with Gasteiger partial charge in [0.25, 0.3) is 0 Å². The van der Waals surface area contributed by atoms with E-state index in [1.54, 1.807) is 0 Å². The van der Waals surface area contributed by atoms with Gasteiger partial charge in [-0.05, 0) is 68.3 Å². The Labute approximate surface area is 180 Å². The fraction of sp³-hybridized carbons (Fsp3) is 0.200. The molecule has 0 aliphatic rings. The van der Waals surface area contributed by atoms with E-state index in [2.05, 4.69) is 30.5 Å². The molecule has 150 valence electrons. The predicted molar refractivity (Wildman–Crippen MR) is 124 cm³/mol. The molecule has 5 aromatic rings. The zero-order valence-electron chi connectivity index (χ0n) is 17.0. The number of hydrogen-bond acceptors (Lipinski definition) is 3. The fourth-order valence-corrected chi connectivity index (χ4v) is 4.25. The molecule has 0 saturated carbocycles. The van der Waals surface area contributed by atoms with Crippen molar-refractivity contribution in [3.63, 3.8) is 0 Å². The summed E-state index contributed by atoms with van der Waals surface area (Å²) in [5.41, 5.74) is 7.43. The Balaban J connectivity index is 1.53. The summed E-state index contributed by atoms with van der Waals surface area (Å²) in [6, 6.07) is 20.0. The van der Waals surface area contributed by atoms with E-state index in [1.807, 2.05) is 48.5 Å². The van der Waals surface area contributed by atoms with Crippen LogP contribution in [0.25, 0.3) is 33.1 Å². The standard InChI is InChI=1S/C25H22ClN3O/c1-16-14-17(2)24-20(15-16)23-25(28-22-7-4-3-6-21(22)27-23)29(24)12-5-13-30-19-10-8-18(26)9-11-19/h3-4,6-11,14-15H,5,12-13H2,1-2H3. The lowest BCUT2D eigenvalue weighted by Crippen LogP contribution is -2.06. The minimum absolute atomic E-state index is 0.620. The van der Waals surface area contributed by atoms with E-state index in [0.717, 1.165) is 40.9 Å². The number of benzene rings is 3. The zero-order chi connectivity index (χ0) is 20.7. The molecular weight excluding hydrogens is 394 g/mol. The van der Waals surface area contributed by atoms with Gasteiger partial charge in [-0.15, -0.1) is 0 Å². The largest absolute Gasteiger partial charge is 0.494 e. The Morgan fingerprint density at radius 3 is 2.43 bits per heavy atom. The Hall–Kier alpha value is -3.11. The van der Waals surface area contributed by atoms with Gasteiger partial charge in [-0.3, -0.25) is 0 Å². The second-order valence-corrected chi connectivity index (χ2v) is 8.11. The van der Waals surface area contributed by atoms with E-state index >= 15 is 0 Å². The van der Waals surface area contributed by atoms with Crippen LogP contribution in [0.4, 0.5) is 0 Å². The maximum atomic E-state index is 5.95. The number of hydrogen-bond donors (Lipinski definition) is 0. The summed E-state index contributed by atoms with van der Waals surface area (Å²) in [6.45, 7) is 5.72. The highest BCUT2D eigenvalue weighted by Gasteiger charge is 2.16. The highest BCUT2D eigenvalue weighted by Crippen LogP contribution is 2.31. The van der Waals surface area contributed by atoms with Crippen molar-refractivity contribution in [2.75, 3.05) is 6.61 Å². The van der Waals surface area contributed by atoms with Crippen molar-refractivity contribution < 1.29 is 4.74 Å². The molecule has 4 nitrogen and oxygen atoms in total. The Kier molecular flexibility index (Phi) is 4.80. The molecule has 30 heavy (non-hydrogen) atoms. The van der Waals surface area contributed by atoms with Crippen LogP contribution in [0.15, 0.2) is 60.7 Å². The van der Waals surface area contributed by atoms with E-state index in [4.69, 9.17) is 26.3 Å². The molecule has 0 aliphatic heterocycles. The zero-order valence-corrected chi connectivity index (χ0v) is 17.8. The second-order valence-electron chi connectivity index (χ2n) is 7.67. The first kappa shape index (κ1) is 18.9. The van der Waals surface area contributed by atoms with Crippen LogP contribution in [0, 0.1) is 13.8 Å². The number of para-hydroxylation sites is 2. The van der Waals surface area contributed by atoms with Crippen molar-refractivity contribution in [1.82, 2.24) is 14.5 Å². The van der Waals surface area contributed by atoms with Gasteiger partial charge in [-0.1, -0.05) is 35.4 Å². The van der Waals surface area contributed by atoms with Gasteiger partial charge in [-0.2, -0.15) is 0 Å². The lowest BCUT2D eigenvalue weighted by molar-refractivity contribution is 0.303. The maximum absolute atomic E-state index is 5.95. The fourth-order valence-electron chi connectivity index (χ4n) is 4.13. The molecule has 5 rings (SSSR count).